The Balaban J connectivity index is 1.84. The first-order valence-corrected chi connectivity index (χ1v) is 8.82. The van der Waals surface area contributed by atoms with Gasteiger partial charge in [0.25, 0.3) is 0 Å². The largest absolute Gasteiger partial charge is 0.312 e. The lowest BCUT2D eigenvalue weighted by Gasteiger charge is -2.23. The minimum atomic E-state index is -3.02. The molecule has 0 saturated carbocycles. The van der Waals surface area contributed by atoms with Crippen LogP contribution in [0.2, 0.25) is 0 Å². The molecule has 5 heteroatoms. The number of hydrogen-bond donors (Lipinski definition) is 1. The van der Waals surface area contributed by atoms with E-state index in [0.29, 0.717) is 12.1 Å². The standard InChI is InChI=1S/C16H17NO3S/c18-16(10-13-11-21(19,20)9-8-17-13)15-7-3-5-12-4-1-2-6-14(12)15/h1-7,13,17H,8-11H2. The molecule has 1 aliphatic heterocycles. The zero-order valence-corrected chi connectivity index (χ0v) is 12.4. The van der Waals surface area contributed by atoms with Gasteiger partial charge in [0.2, 0.25) is 0 Å². The molecular formula is C16H17NO3S. The lowest BCUT2D eigenvalue weighted by molar-refractivity contribution is 0.0973. The maximum absolute atomic E-state index is 12.5. The fraction of sp³-hybridized carbons (Fsp3) is 0.312. The molecule has 0 radical (unpaired) electrons. The van der Waals surface area contributed by atoms with Crippen molar-refractivity contribution in [2.24, 2.45) is 0 Å². The molecule has 1 aliphatic rings. The number of carbonyl (C=O) groups is 1. The van der Waals surface area contributed by atoms with Gasteiger partial charge in [-0.3, -0.25) is 4.79 Å². The first-order chi connectivity index (χ1) is 10.1. The molecular weight excluding hydrogens is 286 g/mol. The Labute approximate surface area is 124 Å². The molecule has 0 amide bonds. The Morgan fingerprint density at radius 3 is 2.71 bits per heavy atom. The summed E-state index contributed by atoms with van der Waals surface area (Å²) in [5, 5.41) is 5.06. The van der Waals surface area contributed by atoms with Gasteiger partial charge in [0.1, 0.15) is 0 Å². The van der Waals surface area contributed by atoms with E-state index in [9.17, 15) is 13.2 Å². The molecule has 2 aromatic rings. The lowest BCUT2D eigenvalue weighted by atomic mass is 9.98. The first kappa shape index (κ1) is 14.2. The van der Waals surface area contributed by atoms with E-state index in [2.05, 4.69) is 5.32 Å². The minimum absolute atomic E-state index is 0.0126. The van der Waals surface area contributed by atoms with E-state index >= 15 is 0 Å². The van der Waals surface area contributed by atoms with E-state index in [1.807, 2.05) is 42.5 Å². The fourth-order valence-corrected chi connectivity index (χ4v) is 4.25. The second-order valence-corrected chi connectivity index (χ2v) is 7.65. The molecule has 1 atom stereocenters. The van der Waals surface area contributed by atoms with Gasteiger partial charge < -0.3 is 5.32 Å². The first-order valence-electron chi connectivity index (χ1n) is 7.00. The number of nitrogens with one attached hydrogen (secondary N) is 1. The highest BCUT2D eigenvalue weighted by molar-refractivity contribution is 7.91. The molecule has 2 aromatic carbocycles. The van der Waals surface area contributed by atoms with Crippen LogP contribution in [0.25, 0.3) is 10.8 Å². The molecule has 1 heterocycles. The zero-order valence-electron chi connectivity index (χ0n) is 11.6. The predicted octanol–water partition coefficient (Wildman–Crippen LogP) is 1.80. The molecule has 21 heavy (non-hydrogen) atoms. The second-order valence-electron chi connectivity index (χ2n) is 5.42. The van der Waals surface area contributed by atoms with Crippen LogP contribution in [0.3, 0.4) is 0 Å². The number of hydrogen-bond acceptors (Lipinski definition) is 4. The van der Waals surface area contributed by atoms with Crippen LogP contribution in [0.5, 0.6) is 0 Å². The van der Waals surface area contributed by atoms with Crippen LogP contribution in [-0.4, -0.2) is 38.3 Å². The monoisotopic (exact) mass is 303 g/mol. The summed E-state index contributed by atoms with van der Waals surface area (Å²) < 4.78 is 23.3. The van der Waals surface area contributed by atoms with Crippen molar-refractivity contribution >= 4 is 26.4 Å². The Bertz CT molecular complexity index is 778. The quantitative estimate of drug-likeness (QED) is 0.878. The summed E-state index contributed by atoms with van der Waals surface area (Å²) in [4.78, 5) is 12.5. The van der Waals surface area contributed by atoms with Crippen LogP contribution in [-0.2, 0) is 9.84 Å². The zero-order chi connectivity index (χ0) is 14.9. The summed E-state index contributed by atoms with van der Waals surface area (Å²) in [5.41, 5.74) is 0.665. The lowest BCUT2D eigenvalue weighted by Crippen LogP contribution is -2.46. The number of rotatable bonds is 3. The van der Waals surface area contributed by atoms with Crippen molar-refractivity contribution in [2.45, 2.75) is 12.5 Å². The highest BCUT2D eigenvalue weighted by atomic mass is 32.2. The van der Waals surface area contributed by atoms with Crippen LogP contribution in [0, 0.1) is 0 Å². The van der Waals surface area contributed by atoms with E-state index in [-0.39, 0.29) is 29.8 Å². The van der Waals surface area contributed by atoms with Crippen LogP contribution in [0.1, 0.15) is 16.8 Å². The molecule has 0 aromatic heterocycles. The van der Waals surface area contributed by atoms with Crippen LogP contribution in [0.15, 0.2) is 42.5 Å². The van der Waals surface area contributed by atoms with Gasteiger partial charge in [-0.2, -0.15) is 0 Å². The number of Topliss-reactive ketones (excluding diaryl/α,β-unsaturated/α-hetero) is 1. The molecule has 1 N–H and O–H groups in total. The van der Waals surface area contributed by atoms with E-state index in [1.54, 1.807) is 0 Å². The van der Waals surface area contributed by atoms with Crippen LogP contribution < -0.4 is 5.32 Å². The molecule has 110 valence electrons. The summed E-state index contributed by atoms with van der Waals surface area (Å²) in [5.74, 6) is 0.191. The molecule has 0 spiro atoms. The number of benzene rings is 2. The molecule has 3 rings (SSSR count). The Kier molecular flexibility index (Phi) is 3.78. The van der Waals surface area contributed by atoms with Crippen molar-refractivity contribution in [1.29, 1.82) is 0 Å². The van der Waals surface area contributed by atoms with Gasteiger partial charge in [0, 0.05) is 24.6 Å². The summed E-state index contributed by atoms with van der Waals surface area (Å²) >= 11 is 0. The highest BCUT2D eigenvalue weighted by Crippen LogP contribution is 2.20. The van der Waals surface area contributed by atoms with Crippen LogP contribution >= 0.6 is 0 Å². The van der Waals surface area contributed by atoms with Crippen LogP contribution in [0.4, 0.5) is 0 Å². The number of fused-ring (bicyclic) bond motifs is 1. The fourth-order valence-electron chi connectivity index (χ4n) is 2.80. The molecule has 1 saturated heterocycles. The average molecular weight is 303 g/mol. The number of carbonyl (C=O) groups excluding carboxylic acids is 1. The third kappa shape index (κ3) is 3.14. The van der Waals surface area contributed by atoms with Gasteiger partial charge in [-0.05, 0) is 10.8 Å². The van der Waals surface area contributed by atoms with Crippen molar-refractivity contribution in [3.05, 3.63) is 48.0 Å². The second kappa shape index (κ2) is 5.58. The Morgan fingerprint density at radius 2 is 1.90 bits per heavy atom. The average Bonchev–Trinajstić information content (AvgIpc) is 2.45. The van der Waals surface area contributed by atoms with Gasteiger partial charge in [-0.1, -0.05) is 42.5 Å². The van der Waals surface area contributed by atoms with Gasteiger partial charge in [0.15, 0.2) is 15.6 Å². The molecule has 1 fully saturated rings. The Morgan fingerprint density at radius 1 is 1.14 bits per heavy atom. The maximum atomic E-state index is 12.5. The maximum Gasteiger partial charge on any atom is 0.165 e. The third-order valence-corrected chi connectivity index (χ3v) is 5.56. The van der Waals surface area contributed by atoms with Crippen molar-refractivity contribution in [2.75, 3.05) is 18.1 Å². The summed E-state index contributed by atoms with van der Waals surface area (Å²) in [6, 6.07) is 13.1. The number of sulfone groups is 1. The van der Waals surface area contributed by atoms with E-state index in [1.165, 1.54) is 0 Å². The van der Waals surface area contributed by atoms with E-state index < -0.39 is 9.84 Å². The molecule has 0 bridgehead atoms. The van der Waals surface area contributed by atoms with Crippen molar-refractivity contribution in [3.63, 3.8) is 0 Å². The smallest absolute Gasteiger partial charge is 0.165 e. The summed E-state index contributed by atoms with van der Waals surface area (Å²) in [6.07, 6.45) is 0.216. The SMILES string of the molecule is O=C(CC1CS(=O)(=O)CCN1)c1cccc2ccccc12. The molecule has 1 unspecified atom stereocenters. The summed E-state index contributed by atoms with van der Waals surface area (Å²) in [6.45, 7) is 0.426. The highest BCUT2D eigenvalue weighted by Gasteiger charge is 2.26. The normalized spacial score (nSPS) is 21.2. The molecule has 4 nitrogen and oxygen atoms in total. The van der Waals surface area contributed by atoms with Gasteiger partial charge in [0.05, 0.1) is 11.5 Å². The van der Waals surface area contributed by atoms with Gasteiger partial charge in [-0.15, -0.1) is 0 Å². The van der Waals surface area contributed by atoms with Crippen molar-refractivity contribution in [1.82, 2.24) is 5.32 Å². The Hall–Kier alpha value is -1.72. The topological polar surface area (TPSA) is 63.2 Å². The van der Waals surface area contributed by atoms with Gasteiger partial charge in [-0.25, -0.2) is 8.42 Å². The van der Waals surface area contributed by atoms with Crippen molar-refractivity contribution < 1.29 is 13.2 Å². The van der Waals surface area contributed by atoms with E-state index in [4.69, 9.17) is 0 Å². The number of ketones is 1. The van der Waals surface area contributed by atoms with E-state index in [0.717, 1.165) is 10.8 Å². The van der Waals surface area contributed by atoms with Gasteiger partial charge >= 0.3 is 0 Å². The van der Waals surface area contributed by atoms with Crippen molar-refractivity contribution in [3.8, 4) is 0 Å². The third-order valence-electron chi connectivity index (χ3n) is 3.82. The summed E-state index contributed by atoms with van der Waals surface area (Å²) in [7, 11) is -3.02. The minimum Gasteiger partial charge on any atom is -0.312 e. The molecule has 0 aliphatic carbocycles. The predicted molar refractivity (Wildman–Crippen MR) is 83.3 cm³/mol.